The first kappa shape index (κ1) is 25.7. The molecule has 2 aliphatic heterocycles. The molecule has 3 aromatic rings. The first-order valence-corrected chi connectivity index (χ1v) is 13.1. The number of nitrogens with zero attached hydrogens (tertiary/aromatic N) is 1. The molecular weight excluding hydrogens is 510 g/mol. The van der Waals surface area contributed by atoms with Crippen molar-refractivity contribution in [1.82, 2.24) is 0 Å². The van der Waals surface area contributed by atoms with Crippen LogP contribution in [0.3, 0.4) is 0 Å². The molecule has 0 bridgehead atoms. The Hall–Kier alpha value is -4.59. The quantitative estimate of drug-likeness (QED) is 0.329. The molecule has 0 N–H and O–H groups in total. The molecular formula is C32H29NO7. The lowest BCUT2D eigenvalue weighted by atomic mass is 9.64. The summed E-state index contributed by atoms with van der Waals surface area (Å²) in [6, 6.07) is 16.1. The number of carbonyl (C=O) groups is 3. The molecule has 6 rings (SSSR count). The minimum absolute atomic E-state index is 0.135. The number of Topliss-reactive ketones (excluding diaryl/α,β-unsaturated/α-hetero) is 2. The fourth-order valence-electron chi connectivity index (χ4n) is 6.83. The molecule has 8 heteroatoms. The van der Waals surface area contributed by atoms with Gasteiger partial charge in [0.1, 0.15) is 11.5 Å². The van der Waals surface area contributed by atoms with Crippen LogP contribution in [-0.4, -0.2) is 57.6 Å². The number of ether oxygens (including phenoxy) is 4. The van der Waals surface area contributed by atoms with E-state index in [-0.39, 0.29) is 23.9 Å². The Morgan fingerprint density at radius 3 is 2.12 bits per heavy atom. The fourth-order valence-corrected chi connectivity index (χ4v) is 6.83. The van der Waals surface area contributed by atoms with Gasteiger partial charge in [-0.15, -0.1) is 0 Å². The highest BCUT2D eigenvalue weighted by Crippen LogP contribution is 2.62. The van der Waals surface area contributed by atoms with Crippen molar-refractivity contribution < 1.29 is 33.3 Å². The normalized spacial score (nSPS) is 21.6. The van der Waals surface area contributed by atoms with E-state index in [0.29, 0.717) is 28.2 Å². The topological polar surface area (TPSA) is 91.4 Å². The Balaban J connectivity index is 1.72. The minimum atomic E-state index is -1.67. The summed E-state index contributed by atoms with van der Waals surface area (Å²) < 4.78 is 22.7. The summed E-state index contributed by atoms with van der Waals surface area (Å²) in [6.45, 7) is 1.87. The van der Waals surface area contributed by atoms with E-state index in [1.807, 2.05) is 41.3 Å². The van der Waals surface area contributed by atoms with E-state index >= 15 is 0 Å². The van der Waals surface area contributed by atoms with Crippen molar-refractivity contribution in [3.8, 4) is 17.2 Å². The predicted octanol–water partition coefficient (Wildman–Crippen LogP) is 4.71. The average molecular weight is 540 g/mol. The molecule has 0 aromatic heterocycles. The van der Waals surface area contributed by atoms with Crippen molar-refractivity contribution in [1.29, 1.82) is 0 Å². The molecule has 1 fully saturated rings. The maximum atomic E-state index is 14.7. The second kappa shape index (κ2) is 9.55. The Kier molecular flexibility index (Phi) is 6.13. The third-order valence-corrected chi connectivity index (χ3v) is 8.31. The summed E-state index contributed by atoms with van der Waals surface area (Å²) in [4.78, 5) is 45.2. The monoisotopic (exact) mass is 539 g/mol. The zero-order valence-corrected chi connectivity index (χ0v) is 22.7. The van der Waals surface area contributed by atoms with Gasteiger partial charge in [0, 0.05) is 28.3 Å². The summed E-state index contributed by atoms with van der Waals surface area (Å²) in [5, 5.41) is 0. The average Bonchev–Trinajstić information content (AvgIpc) is 3.42. The summed E-state index contributed by atoms with van der Waals surface area (Å²) in [7, 11) is 4.48. The lowest BCUT2D eigenvalue weighted by molar-refractivity contribution is -0.145. The van der Waals surface area contributed by atoms with Gasteiger partial charge in [0.25, 0.3) is 0 Å². The van der Waals surface area contributed by atoms with E-state index < -0.39 is 29.4 Å². The number of para-hydroxylation sites is 1. The number of ketones is 2. The van der Waals surface area contributed by atoms with E-state index in [0.717, 1.165) is 11.3 Å². The highest BCUT2D eigenvalue weighted by Gasteiger charge is 2.72. The highest BCUT2D eigenvalue weighted by atomic mass is 16.5. The van der Waals surface area contributed by atoms with E-state index in [4.69, 9.17) is 18.9 Å². The molecule has 1 aliphatic carbocycles. The lowest BCUT2D eigenvalue weighted by Gasteiger charge is -2.36. The number of hydrogen-bond donors (Lipinski definition) is 0. The molecule has 3 aromatic carbocycles. The van der Waals surface area contributed by atoms with Gasteiger partial charge >= 0.3 is 5.97 Å². The fraction of sp³-hybridized carbons (Fsp3) is 0.281. The van der Waals surface area contributed by atoms with Crippen LogP contribution in [0, 0.1) is 5.41 Å². The van der Waals surface area contributed by atoms with E-state index in [1.165, 1.54) is 21.3 Å². The number of esters is 1. The van der Waals surface area contributed by atoms with Gasteiger partial charge in [0.05, 0.1) is 34.0 Å². The van der Waals surface area contributed by atoms with Crippen molar-refractivity contribution in [3.05, 3.63) is 89.0 Å². The summed E-state index contributed by atoms with van der Waals surface area (Å²) in [5.74, 6) is -1.17. The molecule has 0 amide bonds. The maximum Gasteiger partial charge on any atom is 0.329 e. The van der Waals surface area contributed by atoms with Crippen LogP contribution in [0.15, 0.2) is 66.7 Å². The van der Waals surface area contributed by atoms with Crippen LogP contribution in [0.4, 0.5) is 5.69 Å². The molecule has 40 heavy (non-hydrogen) atoms. The summed E-state index contributed by atoms with van der Waals surface area (Å²) >= 11 is 0. The van der Waals surface area contributed by atoms with Gasteiger partial charge in [-0.3, -0.25) is 9.59 Å². The van der Waals surface area contributed by atoms with E-state index in [9.17, 15) is 14.4 Å². The molecule has 204 valence electrons. The Labute approximate surface area is 232 Å². The van der Waals surface area contributed by atoms with Gasteiger partial charge in [-0.2, -0.15) is 0 Å². The molecule has 3 atom stereocenters. The lowest BCUT2D eigenvalue weighted by Crippen LogP contribution is -2.48. The van der Waals surface area contributed by atoms with E-state index in [2.05, 4.69) is 0 Å². The predicted molar refractivity (Wildman–Crippen MR) is 149 cm³/mol. The molecule has 2 heterocycles. The van der Waals surface area contributed by atoms with Gasteiger partial charge in [0.15, 0.2) is 23.1 Å². The van der Waals surface area contributed by atoms with Crippen LogP contribution in [-0.2, 0) is 9.53 Å². The van der Waals surface area contributed by atoms with Crippen LogP contribution < -0.4 is 19.1 Å². The first-order valence-electron chi connectivity index (χ1n) is 13.1. The highest BCUT2D eigenvalue weighted by molar-refractivity contribution is 6.32. The van der Waals surface area contributed by atoms with Gasteiger partial charge in [0.2, 0.25) is 5.75 Å². The number of benzene rings is 3. The van der Waals surface area contributed by atoms with Crippen molar-refractivity contribution >= 4 is 29.3 Å². The molecule has 1 spiro atoms. The second-order valence-electron chi connectivity index (χ2n) is 9.94. The molecule has 3 unspecified atom stereocenters. The number of fused-ring (bicyclic) bond motifs is 5. The first-order chi connectivity index (χ1) is 19.4. The number of carbonyl (C=O) groups excluding carboxylic acids is 3. The number of rotatable bonds is 6. The Morgan fingerprint density at radius 1 is 0.850 bits per heavy atom. The second-order valence-corrected chi connectivity index (χ2v) is 9.94. The van der Waals surface area contributed by atoms with Gasteiger partial charge < -0.3 is 23.8 Å². The molecule has 0 saturated carbocycles. The third kappa shape index (κ3) is 3.22. The molecule has 1 saturated heterocycles. The van der Waals surface area contributed by atoms with Gasteiger partial charge in [-0.1, -0.05) is 60.7 Å². The van der Waals surface area contributed by atoms with Crippen LogP contribution in [0.1, 0.15) is 44.7 Å². The van der Waals surface area contributed by atoms with Crippen molar-refractivity contribution in [2.75, 3.05) is 32.8 Å². The smallest absolute Gasteiger partial charge is 0.329 e. The largest absolute Gasteiger partial charge is 0.493 e. The van der Waals surface area contributed by atoms with Crippen molar-refractivity contribution in [2.24, 2.45) is 5.41 Å². The standard InChI is InChI=1S/C32H29NO7/c1-5-40-31(36)26-25(21-15-16-23(37-2)28(39-4)27(21)38-3)32(29(34)19-11-7-8-12-20(19)30(32)35)24-17-14-18-10-6-9-13-22(18)33(24)26/h6-17,24-26H,5H2,1-4H3. The van der Waals surface area contributed by atoms with Crippen LogP contribution in [0.2, 0.25) is 0 Å². The summed E-state index contributed by atoms with van der Waals surface area (Å²) in [6.07, 6.45) is 3.78. The van der Waals surface area contributed by atoms with Gasteiger partial charge in [-0.05, 0) is 24.6 Å². The zero-order valence-electron chi connectivity index (χ0n) is 22.7. The number of methoxy groups -OCH3 is 3. The van der Waals surface area contributed by atoms with Crippen molar-refractivity contribution in [2.45, 2.75) is 24.9 Å². The van der Waals surface area contributed by atoms with Gasteiger partial charge in [-0.25, -0.2) is 4.79 Å². The van der Waals surface area contributed by atoms with Crippen LogP contribution >= 0.6 is 0 Å². The van der Waals surface area contributed by atoms with Crippen LogP contribution in [0.25, 0.3) is 6.08 Å². The molecule has 3 aliphatic rings. The van der Waals surface area contributed by atoms with E-state index in [1.54, 1.807) is 43.3 Å². The Morgan fingerprint density at radius 2 is 1.50 bits per heavy atom. The Bertz CT molecular complexity index is 1540. The SMILES string of the molecule is CCOC(=O)C1C(c2ccc(OC)c(OC)c2OC)C2(C(=O)c3ccccc3C2=O)C2C=Cc3ccccc3N12. The maximum absolute atomic E-state index is 14.7. The molecule has 0 radical (unpaired) electrons. The minimum Gasteiger partial charge on any atom is -0.493 e. The van der Waals surface area contributed by atoms with Crippen LogP contribution in [0.5, 0.6) is 17.2 Å². The van der Waals surface area contributed by atoms with Crippen molar-refractivity contribution in [3.63, 3.8) is 0 Å². The summed E-state index contributed by atoms with van der Waals surface area (Å²) in [5.41, 5.74) is 1.11. The molecule has 8 nitrogen and oxygen atoms in total. The number of hydrogen-bond acceptors (Lipinski definition) is 8. The third-order valence-electron chi connectivity index (χ3n) is 8.31. The number of anilines is 1. The zero-order chi connectivity index (χ0) is 28.2.